The summed E-state index contributed by atoms with van der Waals surface area (Å²) in [6.07, 6.45) is 0.653. The molecule has 2 heterocycles. The van der Waals surface area contributed by atoms with Gasteiger partial charge in [0.25, 0.3) is 0 Å². The number of urea groups is 1. The number of nitrogens with one attached hydrogen (secondary N) is 1. The van der Waals surface area contributed by atoms with Crippen molar-refractivity contribution in [3.63, 3.8) is 0 Å². The number of hydrogen-bond donors (Lipinski definition) is 1. The molecule has 6 rings (SSSR count). The third-order valence-electron chi connectivity index (χ3n) is 8.34. The lowest BCUT2D eigenvalue weighted by molar-refractivity contribution is -0.274. The molecule has 8 nitrogen and oxygen atoms in total. The van der Waals surface area contributed by atoms with Crippen LogP contribution in [0.15, 0.2) is 72.0 Å². The average Bonchev–Trinajstić information content (AvgIpc) is 3.68. The number of aromatic nitrogens is 3. The Bertz CT molecular complexity index is 1710. The Morgan fingerprint density at radius 1 is 1.00 bits per heavy atom. The molecule has 4 aromatic rings. The maximum absolute atomic E-state index is 13.3. The van der Waals surface area contributed by atoms with Crippen LogP contribution < -0.4 is 15.0 Å². The van der Waals surface area contributed by atoms with Gasteiger partial charge in [0.15, 0.2) is 11.0 Å². The average molecular weight is 649 g/mol. The molecule has 12 heteroatoms. The van der Waals surface area contributed by atoms with Gasteiger partial charge in [-0.25, -0.2) is 14.5 Å². The highest BCUT2D eigenvalue weighted by molar-refractivity contribution is 8.14. The number of anilines is 1. The standard InChI is InChI=1S/C34H35F3N6O2S/c1-21-18-22(2)30(23(3)19-21)42-16-5-17-46-33(42)40-32(44)39-29-7-4-6-28(29)24-8-10-25(11-9-24)31-38-20-43(41-31)26-12-14-27(15-13-26)45-34(35,36)37/h8-15,18-20,28-29H,4-7,16-17H2,1-3H3,(H,39,44). The second-order valence-corrected chi connectivity index (χ2v) is 12.8. The molecule has 1 aliphatic carbocycles. The largest absolute Gasteiger partial charge is 0.573 e. The normalized spacial score (nSPS) is 19.4. The molecule has 2 amide bonds. The summed E-state index contributed by atoms with van der Waals surface area (Å²) >= 11 is 1.63. The number of alkyl halides is 3. The van der Waals surface area contributed by atoms with Crippen LogP contribution in [0.25, 0.3) is 17.1 Å². The minimum atomic E-state index is -4.75. The van der Waals surface area contributed by atoms with E-state index >= 15 is 0 Å². The van der Waals surface area contributed by atoms with Crippen LogP contribution in [0.3, 0.4) is 0 Å². The number of amides is 2. The molecule has 240 valence electrons. The van der Waals surface area contributed by atoms with E-state index in [1.807, 2.05) is 24.3 Å². The summed E-state index contributed by atoms with van der Waals surface area (Å²) in [4.78, 5) is 24.4. The summed E-state index contributed by atoms with van der Waals surface area (Å²) in [6.45, 7) is 7.15. The Hall–Kier alpha value is -4.32. The first-order chi connectivity index (χ1) is 22.0. The first-order valence-electron chi connectivity index (χ1n) is 15.3. The van der Waals surface area contributed by atoms with E-state index in [0.717, 1.165) is 60.0 Å². The lowest BCUT2D eigenvalue weighted by Crippen LogP contribution is -2.39. The predicted octanol–water partition coefficient (Wildman–Crippen LogP) is 8.10. The van der Waals surface area contributed by atoms with Crippen molar-refractivity contribution < 1.29 is 22.7 Å². The van der Waals surface area contributed by atoms with E-state index in [4.69, 9.17) is 0 Å². The summed E-state index contributed by atoms with van der Waals surface area (Å²) in [6, 6.07) is 17.5. The molecule has 1 aromatic heterocycles. The van der Waals surface area contributed by atoms with Crippen molar-refractivity contribution in [3.05, 3.63) is 89.2 Å². The monoisotopic (exact) mass is 648 g/mol. The third kappa shape index (κ3) is 7.22. The van der Waals surface area contributed by atoms with E-state index < -0.39 is 6.36 Å². The van der Waals surface area contributed by atoms with Gasteiger partial charge < -0.3 is 15.0 Å². The number of aryl methyl sites for hydroxylation is 3. The summed E-state index contributed by atoms with van der Waals surface area (Å²) in [7, 11) is 0. The Morgan fingerprint density at radius 2 is 1.72 bits per heavy atom. The van der Waals surface area contributed by atoms with Crippen molar-refractivity contribution in [2.24, 2.45) is 4.99 Å². The zero-order valence-electron chi connectivity index (χ0n) is 25.8. The molecule has 3 aromatic carbocycles. The quantitative estimate of drug-likeness (QED) is 0.228. The number of thioether (sulfide) groups is 1. The number of amidine groups is 1. The van der Waals surface area contributed by atoms with Gasteiger partial charge in [-0.1, -0.05) is 60.1 Å². The maximum atomic E-state index is 13.3. The molecule has 46 heavy (non-hydrogen) atoms. The van der Waals surface area contributed by atoms with Crippen LogP contribution in [0, 0.1) is 20.8 Å². The smallest absolute Gasteiger partial charge is 0.406 e. The molecule has 2 fully saturated rings. The van der Waals surface area contributed by atoms with Crippen LogP contribution >= 0.6 is 11.8 Å². The van der Waals surface area contributed by atoms with Crippen LogP contribution in [0.1, 0.15) is 53.9 Å². The van der Waals surface area contributed by atoms with Crippen molar-refractivity contribution in [1.29, 1.82) is 0 Å². The highest BCUT2D eigenvalue weighted by Gasteiger charge is 2.32. The van der Waals surface area contributed by atoms with Gasteiger partial charge in [-0.3, -0.25) is 0 Å². The second kappa shape index (κ2) is 13.2. The van der Waals surface area contributed by atoms with Gasteiger partial charge in [-0.15, -0.1) is 18.3 Å². The number of rotatable bonds is 6. The van der Waals surface area contributed by atoms with Crippen LogP contribution in [0.4, 0.5) is 23.7 Å². The molecule has 2 aliphatic rings. The van der Waals surface area contributed by atoms with Gasteiger partial charge >= 0.3 is 12.4 Å². The van der Waals surface area contributed by atoms with Gasteiger partial charge in [-0.2, -0.15) is 4.99 Å². The van der Waals surface area contributed by atoms with Crippen LogP contribution in [0.5, 0.6) is 5.75 Å². The SMILES string of the molecule is Cc1cc(C)c(N2CCCSC2=NC(=O)NC2CCCC2c2ccc(-c3ncn(-c4ccc(OC(F)(F)F)cc4)n3)cc2)c(C)c1. The Kier molecular flexibility index (Phi) is 9.08. The Morgan fingerprint density at radius 3 is 2.41 bits per heavy atom. The number of carbonyl (C=O) groups excluding carboxylic acids is 1. The van der Waals surface area contributed by atoms with Crippen molar-refractivity contribution in [2.45, 2.75) is 64.8 Å². The summed E-state index contributed by atoms with van der Waals surface area (Å²) in [5.74, 6) is 1.28. The van der Waals surface area contributed by atoms with Crippen LogP contribution in [-0.4, -0.2) is 50.7 Å². The molecule has 0 spiro atoms. The minimum Gasteiger partial charge on any atom is -0.406 e. The lowest BCUT2D eigenvalue weighted by atomic mass is 9.93. The van der Waals surface area contributed by atoms with E-state index in [1.54, 1.807) is 11.8 Å². The topological polar surface area (TPSA) is 84.6 Å². The number of aliphatic imine (C=N–C) groups is 1. The van der Waals surface area contributed by atoms with E-state index in [0.29, 0.717) is 11.5 Å². The molecular formula is C34H35F3N6O2S. The Labute approximate surface area is 270 Å². The number of ether oxygens (including phenoxy) is 1. The fraction of sp³-hybridized carbons (Fsp3) is 0.353. The zero-order chi connectivity index (χ0) is 32.4. The summed E-state index contributed by atoms with van der Waals surface area (Å²) in [5, 5.41) is 8.45. The molecule has 1 N–H and O–H groups in total. The maximum Gasteiger partial charge on any atom is 0.573 e. The Balaban J connectivity index is 1.12. The van der Waals surface area contributed by atoms with Crippen molar-refractivity contribution in [1.82, 2.24) is 20.1 Å². The molecule has 2 unspecified atom stereocenters. The summed E-state index contributed by atoms with van der Waals surface area (Å²) < 4.78 is 42.8. The number of nitrogens with zero attached hydrogens (tertiary/aromatic N) is 5. The number of carbonyl (C=O) groups is 1. The van der Waals surface area contributed by atoms with Gasteiger partial charge in [0.05, 0.1) is 5.69 Å². The molecular weight excluding hydrogens is 613 g/mol. The van der Waals surface area contributed by atoms with Gasteiger partial charge in [-0.05, 0) is 81.0 Å². The highest BCUT2D eigenvalue weighted by Crippen LogP contribution is 2.36. The third-order valence-corrected chi connectivity index (χ3v) is 9.40. The molecule has 1 saturated carbocycles. The summed E-state index contributed by atoms with van der Waals surface area (Å²) in [5.41, 5.74) is 7.20. The van der Waals surface area contributed by atoms with Crippen LogP contribution in [-0.2, 0) is 0 Å². The predicted molar refractivity (Wildman–Crippen MR) is 175 cm³/mol. The minimum absolute atomic E-state index is 0.0192. The molecule has 0 radical (unpaired) electrons. The first-order valence-corrected chi connectivity index (χ1v) is 16.3. The van der Waals surface area contributed by atoms with Gasteiger partial charge in [0.1, 0.15) is 12.1 Å². The zero-order valence-corrected chi connectivity index (χ0v) is 26.7. The second-order valence-electron chi connectivity index (χ2n) is 11.8. The number of hydrogen-bond acceptors (Lipinski definition) is 5. The van der Waals surface area contributed by atoms with Crippen molar-refractivity contribution in [3.8, 4) is 22.8 Å². The van der Waals surface area contributed by atoms with E-state index in [-0.39, 0.29) is 23.7 Å². The molecule has 1 saturated heterocycles. The molecule has 1 aliphatic heterocycles. The number of halogens is 3. The highest BCUT2D eigenvalue weighted by atomic mass is 32.2. The van der Waals surface area contributed by atoms with Crippen molar-refractivity contribution >= 4 is 28.6 Å². The first kappa shape index (κ1) is 31.7. The van der Waals surface area contributed by atoms with Gasteiger partial charge in [0, 0.05) is 35.5 Å². The fourth-order valence-electron chi connectivity index (χ4n) is 6.47. The molecule has 2 atom stereocenters. The molecule has 0 bridgehead atoms. The van der Waals surface area contributed by atoms with E-state index in [2.05, 4.69) is 62.9 Å². The lowest BCUT2D eigenvalue weighted by Gasteiger charge is -2.32. The van der Waals surface area contributed by atoms with Crippen molar-refractivity contribution in [2.75, 3.05) is 17.2 Å². The van der Waals surface area contributed by atoms with Gasteiger partial charge in [0.2, 0.25) is 0 Å². The van der Waals surface area contributed by atoms with E-state index in [1.165, 1.54) is 52.0 Å². The van der Waals surface area contributed by atoms with Crippen LogP contribution in [0.2, 0.25) is 0 Å². The number of benzene rings is 3. The van der Waals surface area contributed by atoms with E-state index in [9.17, 15) is 18.0 Å². The fourth-order valence-corrected chi connectivity index (χ4v) is 7.41.